The van der Waals surface area contributed by atoms with Crippen LogP contribution in [0, 0.1) is 18.3 Å². The van der Waals surface area contributed by atoms with E-state index in [1.165, 1.54) is 0 Å². The quantitative estimate of drug-likeness (QED) is 0.571. The van der Waals surface area contributed by atoms with Gasteiger partial charge < -0.3 is 5.32 Å². The maximum atomic E-state index is 11.2. The zero-order chi connectivity index (χ0) is 8.97. The van der Waals surface area contributed by atoms with Gasteiger partial charge >= 0.3 is 0 Å². The van der Waals surface area contributed by atoms with Crippen LogP contribution in [-0.4, -0.2) is 37.5 Å². The molecule has 0 aromatic rings. The Kier molecular flexibility index (Phi) is 3.12. The molecule has 1 atom stereocenters. The summed E-state index contributed by atoms with van der Waals surface area (Å²) in [5.74, 6) is 2.86. The molecule has 0 radical (unpaired) electrons. The van der Waals surface area contributed by atoms with Crippen molar-refractivity contribution >= 4 is 5.91 Å². The van der Waals surface area contributed by atoms with E-state index in [4.69, 9.17) is 6.42 Å². The van der Waals surface area contributed by atoms with Crippen molar-refractivity contribution in [3.05, 3.63) is 0 Å². The molecule has 0 aromatic carbocycles. The van der Waals surface area contributed by atoms with Crippen LogP contribution in [0.4, 0.5) is 0 Å². The molecule has 1 fully saturated rings. The lowest BCUT2D eigenvalue weighted by molar-refractivity contribution is -0.124. The van der Waals surface area contributed by atoms with Gasteiger partial charge in [0, 0.05) is 13.6 Å². The zero-order valence-corrected chi connectivity index (χ0v) is 7.34. The Balaban J connectivity index is 2.36. The number of likely N-dealkylation sites (tertiary alicyclic amines) is 1. The summed E-state index contributed by atoms with van der Waals surface area (Å²) in [6.07, 6.45) is 6.10. The van der Waals surface area contributed by atoms with E-state index < -0.39 is 0 Å². The third-order valence-corrected chi connectivity index (χ3v) is 2.20. The molecule has 1 heterocycles. The zero-order valence-electron chi connectivity index (χ0n) is 7.34. The van der Waals surface area contributed by atoms with Gasteiger partial charge in [-0.1, -0.05) is 5.92 Å². The van der Waals surface area contributed by atoms with Crippen LogP contribution in [0.1, 0.15) is 6.42 Å². The summed E-state index contributed by atoms with van der Waals surface area (Å²) in [7, 11) is 1.67. The van der Waals surface area contributed by atoms with Gasteiger partial charge in [-0.3, -0.25) is 9.69 Å². The average molecular weight is 166 g/mol. The lowest BCUT2D eigenvalue weighted by atomic mass is 10.1. The van der Waals surface area contributed by atoms with E-state index in [1.54, 1.807) is 7.05 Å². The highest BCUT2D eigenvalue weighted by atomic mass is 16.1. The SMILES string of the molecule is C#CCN1CCC(C(=O)NC)C1. The summed E-state index contributed by atoms with van der Waals surface area (Å²) < 4.78 is 0. The average Bonchev–Trinajstić information content (AvgIpc) is 2.52. The van der Waals surface area contributed by atoms with Gasteiger partial charge in [0.2, 0.25) is 5.91 Å². The Bertz CT molecular complexity index is 207. The van der Waals surface area contributed by atoms with Gasteiger partial charge in [0.1, 0.15) is 0 Å². The minimum atomic E-state index is 0.134. The summed E-state index contributed by atoms with van der Waals surface area (Å²) >= 11 is 0. The Morgan fingerprint density at radius 3 is 3.17 bits per heavy atom. The number of nitrogens with one attached hydrogen (secondary N) is 1. The fourth-order valence-corrected chi connectivity index (χ4v) is 1.52. The molecular weight excluding hydrogens is 152 g/mol. The standard InChI is InChI=1S/C9H14N2O/c1-3-5-11-6-4-8(7-11)9(12)10-2/h1,8H,4-7H2,2H3,(H,10,12). The highest BCUT2D eigenvalue weighted by Crippen LogP contribution is 2.15. The van der Waals surface area contributed by atoms with Crippen LogP contribution in [0.3, 0.4) is 0 Å². The number of hydrogen-bond acceptors (Lipinski definition) is 2. The molecule has 0 saturated carbocycles. The van der Waals surface area contributed by atoms with Crippen LogP contribution >= 0.6 is 0 Å². The van der Waals surface area contributed by atoms with Crippen LogP contribution in [0.2, 0.25) is 0 Å². The van der Waals surface area contributed by atoms with Crippen molar-refractivity contribution in [2.45, 2.75) is 6.42 Å². The van der Waals surface area contributed by atoms with Crippen molar-refractivity contribution in [3.8, 4) is 12.3 Å². The fourth-order valence-electron chi connectivity index (χ4n) is 1.52. The Hall–Kier alpha value is -1.01. The van der Waals surface area contributed by atoms with E-state index in [2.05, 4.69) is 16.1 Å². The van der Waals surface area contributed by atoms with Gasteiger partial charge in [0.15, 0.2) is 0 Å². The third kappa shape index (κ3) is 1.99. The number of carbonyl (C=O) groups is 1. The van der Waals surface area contributed by atoms with Crippen molar-refractivity contribution in [1.29, 1.82) is 0 Å². The second-order valence-electron chi connectivity index (χ2n) is 3.04. The number of carbonyl (C=O) groups excluding carboxylic acids is 1. The molecular formula is C9H14N2O. The molecule has 3 nitrogen and oxygen atoms in total. The van der Waals surface area contributed by atoms with Crippen LogP contribution in [0.5, 0.6) is 0 Å². The Labute approximate surface area is 73.1 Å². The normalized spacial score (nSPS) is 23.5. The van der Waals surface area contributed by atoms with E-state index in [-0.39, 0.29) is 11.8 Å². The predicted octanol–water partition coefficient (Wildman–Crippen LogP) is -0.312. The molecule has 0 aromatic heterocycles. The van der Waals surface area contributed by atoms with Gasteiger partial charge in [-0.2, -0.15) is 0 Å². The summed E-state index contributed by atoms with van der Waals surface area (Å²) in [4.78, 5) is 13.3. The molecule has 0 aliphatic carbocycles. The first-order valence-electron chi connectivity index (χ1n) is 4.15. The first-order valence-corrected chi connectivity index (χ1v) is 4.15. The lowest BCUT2D eigenvalue weighted by Crippen LogP contribution is -2.30. The van der Waals surface area contributed by atoms with E-state index in [0.29, 0.717) is 6.54 Å². The Morgan fingerprint density at radius 2 is 2.58 bits per heavy atom. The molecule has 0 spiro atoms. The van der Waals surface area contributed by atoms with Crippen molar-refractivity contribution in [3.63, 3.8) is 0 Å². The summed E-state index contributed by atoms with van der Waals surface area (Å²) in [5, 5.41) is 2.65. The summed E-state index contributed by atoms with van der Waals surface area (Å²) in [5.41, 5.74) is 0. The number of nitrogens with zero attached hydrogens (tertiary/aromatic N) is 1. The molecule has 1 aliphatic heterocycles. The number of terminal acetylenes is 1. The molecule has 1 rings (SSSR count). The minimum absolute atomic E-state index is 0.134. The van der Waals surface area contributed by atoms with Gasteiger partial charge in [-0.25, -0.2) is 0 Å². The van der Waals surface area contributed by atoms with Crippen LogP contribution in [0.25, 0.3) is 0 Å². The fraction of sp³-hybridized carbons (Fsp3) is 0.667. The molecule has 1 unspecified atom stereocenters. The van der Waals surface area contributed by atoms with Crippen LogP contribution < -0.4 is 5.32 Å². The van der Waals surface area contributed by atoms with Crippen molar-refractivity contribution < 1.29 is 4.79 Å². The maximum Gasteiger partial charge on any atom is 0.224 e. The molecule has 66 valence electrons. The van der Waals surface area contributed by atoms with Crippen LogP contribution in [-0.2, 0) is 4.79 Å². The molecule has 1 saturated heterocycles. The van der Waals surface area contributed by atoms with E-state index >= 15 is 0 Å². The second-order valence-corrected chi connectivity index (χ2v) is 3.04. The molecule has 1 aliphatic rings. The van der Waals surface area contributed by atoms with E-state index in [9.17, 15) is 4.79 Å². The predicted molar refractivity (Wildman–Crippen MR) is 47.4 cm³/mol. The lowest BCUT2D eigenvalue weighted by Gasteiger charge is -2.11. The first-order chi connectivity index (χ1) is 5.77. The number of amides is 1. The monoisotopic (exact) mass is 166 g/mol. The largest absolute Gasteiger partial charge is 0.359 e. The van der Waals surface area contributed by atoms with E-state index in [0.717, 1.165) is 19.5 Å². The minimum Gasteiger partial charge on any atom is -0.359 e. The highest BCUT2D eigenvalue weighted by molar-refractivity contribution is 5.78. The van der Waals surface area contributed by atoms with Crippen molar-refractivity contribution in [2.75, 3.05) is 26.7 Å². The number of hydrogen-bond donors (Lipinski definition) is 1. The smallest absolute Gasteiger partial charge is 0.224 e. The third-order valence-electron chi connectivity index (χ3n) is 2.20. The van der Waals surface area contributed by atoms with Gasteiger partial charge in [0.05, 0.1) is 12.5 Å². The van der Waals surface area contributed by atoms with E-state index in [1.807, 2.05) is 0 Å². The Morgan fingerprint density at radius 1 is 1.83 bits per heavy atom. The van der Waals surface area contributed by atoms with Gasteiger partial charge in [0.25, 0.3) is 0 Å². The molecule has 0 bridgehead atoms. The molecule has 1 N–H and O–H groups in total. The topological polar surface area (TPSA) is 32.3 Å². The van der Waals surface area contributed by atoms with Crippen molar-refractivity contribution in [2.24, 2.45) is 5.92 Å². The second kappa shape index (κ2) is 4.13. The molecule has 12 heavy (non-hydrogen) atoms. The molecule has 3 heteroatoms. The highest BCUT2D eigenvalue weighted by Gasteiger charge is 2.26. The first kappa shape index (κ1) is 9.08. The molecule has 1 amide bonds. The number of rotatable bonds is 2. The van der Waals surface area contributed by atoms with Gasteiger partial charge in [-0.05, 0) is 13.0 Å². The van der Waals surface area contributed by atoms with Crippen LogP contribution in [0.15, 0.2) is 0 Å². The summed E-state index contributed by atoms with van der Waals surface area (Å²) in [6, 6.07) is 0. The van der Waals surface area contributed by atoms with Gasteiger partial charge in [-0.15, -0.1) is 6.42 Å². The maximum absolute atomic E-state index is 11.2. The summed E-state index contributed by atoms with van der Waals surface area (Å²) in [6.45, 7) is 2.42. The van der Waals surface area contributed by atoms with Crippen molar-refractivity contribution in [1.82, 2.24) is 10.2 Å².